The number of hydrogen-bond donors (Lipinski definition) is 2. The van der Waals surface area contributed by atoms with Gasteiger partial charge >= 0.3 is 5.97 Å². The zero-order valence-electron chi connectivity index (χ0n) is 14.2. The first kappa shape index (κ1) is 16.8. The van der Waals surface area contributed by atoms with Crippen LogP contribution in [0.25, 0.3) is 10.9 Å². The first-order chi connectivity index (χ1) is 12.1. The molecule has 0 fully saturated rings. The van der Waals surface area contributed by atoms with Gasteiger partial charge in [-0.25, -0.2) is 0 Å². The van der Waals surface area contributed by atoms with E-state index in [0.717, 1.165) is 39.2 Å². The van der Waals surface area contributed by atoms with Crippen LogP contribution in [0.5, 0.6) is 5.75 Å². The second kappa shape index (κ2) is 7.21. The van der Waals surface area contributed by atoms with Gasteiger partial charge in [0.25, 0.3) is 0 Å². The highest BCUT2D eigenvalue weighted by atomic mass is 16.5. The smallest absolute Gasteiger partial charge is 0.307 e. The maximum atomic E-state index is 11.3. The Morgan fingerprint density at radius 3 is 2.56 bits per heavy atom. The molecule has 5 heteroatoms. The molecule has 0 spiro atoms. The van der Waals surface area contributed by atoms with Crippen LogP contribution in [0.3, 0.4) is 0 Å². The van der Waals surface area contributed by atoms with Crippen LogP contribution in [0.4, 0.5) is 5.69 Å². The lowest BCUT2D eigenvalue weighted by atomic mass is 10.0. The number of aliphatic carboxylic acids is 1. The van der Waals surface area contributed by atoms with E-state index >= 15 is 0 Å². The number of aryl methyl sites for hydroxylation is 1. The average Bonchev–Trinajstić information content (AvgIpc) is 2.61. The Morgan fingerprint density at radius 1 is 1.16 bits per heavy atom. The number of aromatic nitrogens is 1. The van der Waals surface area contributed by atoms with Crippen LogP contribution >= 0.6 is 0 Å². The fourth-order valence-electron chi connectivity index (χ4n) is 2.88. The van der Waals surface area contributed by atoms with E-state index in [1.807, 2.05) is 55.5 Å². The monoisotopic (exact) mass is 336 g/mol. The van der Waals surface area contributed by atoms with E-state index in [1.54, 1.807) is 7.11 Å². The lowest BCUT2D eigenvalue weighted by molar-refractivity contribution is -0.136. The minimum atomic E-state index is -0.868. The number of benzene rings is 2. The molecule has 0 radical (unpaired) electrons. The van der Waals surface area contributed by atoms with Crippen LogP contribution in [-0.2, 0) is 17.8 Å². The van der Waals surface area contributed by atoms with Crippen molar-refractivity contribution >= 4 is 22.6 Å². The lowest BCUT2D eigenvalue weighted by Gasteiger charge is -2.16. The second-order valence-corrected chi connectivity index (χ2v) is 5.84. The molecule has 2 aromatic carbocycles. The van der Waals surface area contributed by atoms with Gasteiger partial charge < -0.3 is 15.2 Å². The molecule has 5 nitrogen and oxygen atoms in total. The molecule has 1 heterocycles. The van der Waals surface area contributed by atoms with Gasteiger partial charge in [0.1, 0.15) is 5.75 Å². The summed E-state index contributed by atoms with van der Waals surface area (Å²) in [6.45, 7) is 2.44. The Morgan fingerprint density at radius 2 is 1.88 bits per heavy atom. The SMILES string of the molecule is COc1ccc(CNc2c(CC(=O)O)c(C)nc3ccccc23)cc1. The van der Waals surface area contributed by atoms with Gasteiger partial charge in [0.15, 0.2) is 0 Å². The van der Waals surface area contributed by atoms with Gasteiger partial charge in [-0.05, 0) is 30.7 Å². The molecule has 0 saturated heterocycles. The minimum Gasteiger partial charge on any atom is -0.497 e. The number of carboxylic acids is 1. The van der Waals surface area contributed by atoms with Gasteiger partial charge in [0.2, 0.25) is 0 Å². The van der Waals surface area contributed by atoms with E-state index in [1.165, 1.54) is 0 Å². The molecule has 0 saturated carbocycles. The normalized spacial score (nSPS) is 10.6. The first-order valence-corrected chi connectivity index (χ1v) is 8.05. The predicted octanol–water partition coefficient (Wildman–Crippen LogP) is 3.79. The summed E-state index contributed by atoms with van der Waals surface area (Å²) in [6, 6.07) is 15.5. The summed E-state index contributed by atoms with van der Waals surface area (Å²) in [5.74, 6) is -0.0619. The molecule has 0 unspecified atom stereocenters. The van der Waals surface area contributed by atoms with Gasteiger partial charge in [-0.15, -0.1) is 0 Å². The van der Waals surface area contributed by atoms with Crippen LogP contribution in [0.1, 0.15) is 16.8 Å². The van der Waals surface area contributed by atoms with Crippen molar-refractivity contribution in [3.8, 4) is 5.75 Å². The van der Waals surface area contributed by atoms with Crippen LogP contribution in [-0.4, -0.2) is 23.2 Å². The molecule has 0 bridgehead atoms. The summed E-state index contributed by atoms with van der Waals surface area (Å²) in [7, 11) is 1.64. The van der Waals surface area contributed by atoms with Crippen LogP contribution in [0.15, 0.2) is 48.5 Å². The third kappa shape index (κ3) is 3.71. The first-order valence-electron chi connectivity index (χ1n) is 8.05. The van der Waals surface area contributed by atoms with Crippen molar-refractivity contribution in [3.05, 3.63) is 65.4 Å². The molecular formula is C20H20N2O3. The van der Waals surface area contributed by atoms with Gasteiger partial charge in [-0.1, -0.05) is 30.3 Å². The number of ether oxygens (including phenoxy) is 1. The number of nitrogens with one attached hydrogen (secondary N) is 1. The Labute approximate surface area is 146 Å². The van der Waals surface area contributed by atoms with E-state index in [0.29, 0.717) is 6.54 Å². The Bertz CT molecular complexity index is 905. The van der Waals surface area contributed by atoms with E-state index in [4.69, 9.17) is 4.74 Å². The minimum absolute atomic E-state index is 0.0609. The fourth-order valence-corrected chi connectivity index (χ4v) is 2.88. The van der Waals surface area contributed by atoms with Gasteiger partial charge in [0.05, 0.1) is 19.0 Å². The van der Waals surface area contributed by atoms with Crippen LogP contribution in [0.2, 0.25) is 0 Å². The third-order valence-electron chi connectivity index (χ3n) is 4.16. The van der Waals surface area contributed by atoms with E-state index in [2.05, 4.69) is 10.3 Å². The summed E-state index contributed by atoms with van der Waals surface area (Å²) in [5, 5.41) is 13.6. The highest BCUT2D eigenvalue weighted by Gasteiger charge is 2.15. The summed E-state index contributed by atoms with van der Waals surface area (Å²) in [6.07, 6.45) is -0.0609. The van der Waals surface area contributed by atoms with Crippen LogP contribution in [0, 0.1) is 6.92 Å². The molecule has 0 aliphatic carbocycles. The predicted molar refractivity (Wildman–Crippen MR) is 98.1 cm³/mol. The number of carboxylic acid groups (broad SMARTS) is 1. The number of rotatable bonds is 6. The standard InChI is InChI=1S/C20H20N2O3/c1-13-17(11-19(23)24)20(16-5-3-4-6-18(16)22-13)21-12-14-7-9-15(25-2)10-8-14/h3-10H,11-12H2,1-2H3,(H,21,22)(H,23,24). The maximum Gasteiger partial charge on any atom is 0.307 e. The lowest BCUT2D eigenvalue weighted by Crippen LogP contribution is -2.10. The Kier molecular flexibility index (Phi) is 4.84. The van der Waals surface area contributed by atoms with Gasteiger partial charge in [0, 0.05) is 28.9 Å². The quantitative estimate of drug-likeness (QED) is 0.716. The number of carbonyl (C=O) groups is 1. The van der Waals surface area contributed by atoms with Crippen molar-refractivity contribution in [1.29, 1.82) is 0 Å². The van der Waals surface area contributed by atoms with Crippen molar-refractivity contribution < 1.29 is 14.6 Å². The second-order valence-electron chi connectivity index (χ2n) is 5.84. The van der Waals surface area contributed by atoms with Crippen molar-refractivity contribution in [3.63, 3.8) is 0 Å². The molecule has 0 amide bonds. The number of nitrogens with zero attached hydrogens (tertiary/aromatic N) is 1. The van der Waals surface area contributed by atoms with Gasteiger partial charge in [-0.3, -0.25) is 9.78 Å². The molecule has 2 N–H and O–H groups in total. The Balaban J connectivity index is 1.98. The van der Waals surface area contributed by atoms with E-state index in [9.17, 15) is 9.90 Å². The summed E-state index contributed by atoms with van der Waals surface area (Å²) < 4.78 is 5.17. The molecule has 0 aliphatic rings. The van der Waals surface area contributed by atoms with Crippen molar-refractivity contribution in [2.24, 2.45) is 0 Å². The molecule has 3 rings (SSSR count). The topological polar surface area (TPSA) is 71.5 Å². The van der Waals surface area contributed by atoms with E-state index < -0.39 is 5.97 Å². The maximum absolute atomic E-state index is 11.3. The van der Waals surface area contributed by atoms with Gasteiger partial charge in [-0.2, -0.15) is 0 Å². The number of hydrogen-bond acceptors (Lipinski definition) is 4. The highest BCUT2D eigenvalue weighted by molar-refractivity contribution is 5.94. The molecule has 128 valence electrons. The fraction of sp³-hybridized carbons (Fsp3) is 0.200. The Hall–Kier alpha value is -3.08. The summed E-state index contributed by atoms with van der Waals surface area (Å²) in [5.41, 5.74) is 4.23. The number of anilines is 1. The van der Waals surface area contributed by atoms with Crippen molar-refractivity contribution in [1.82, 2.24) is 4.98 Å². The zero-order chi connectivity index (χ0) is 17.8. The summed E-state index contributed by atoms with van der Waals surface area (Å²) >= 11 is 0. The largest absolute Gasteiger partial charge is 0.497 e. The number of para-hydroxylation sites is 1. The molecular weight excluding hydrogens is 316 g/mol. The molecule has 0 aliphatic heterocycles. The number of pyridine rings is 1. The molecule has 3 aromatic rings. The van der Waals surface area contributed by atoms with Crippen molar-refractivity contribution in [2.45, 2.75) is 19.9 Å². The van der Waals surface area contributed by atoms with E-state index in [-0.39, 0.29) is 6.42 Å². The molecule has 25 heavy (non-hydrogen) atoms. The highest BCUT2D eigenvalue weighted by Crippen LogP contribution is 2.29. The zero-order valence-corrected chi connectivity index (χ0v) is 14.2. The van der Waals surface area contributed by atoms with Crippen LogP contribution < -0.4 is 10.1 Å². The number of methoxy groups -OCH3 is 1. The number of fused-ring (bicyclic) bond motifs is 1. The third-order valence-corrected chi connectivity index (χ3v) is 4.16. The summed E-state index contributed by atoms with van der Waals surface area (Å²) in [4.78, 5) is 15.8. The van der Waals surface area contributed by atoms with Crippen molar-refractivity contribution in [2.75, 3.05) is 12.4 Å². The molecule has 1 aromatic heterocycles. The molecule has 0 atom stereocenters. The average molecular weight is 336 g/mol.